The van der Waals surface area contributed by atoms with E-state index in [-0.39, 0.29) is 33.7 Å². The molecular weight excluding hydrogens is 380 g/mol. The summed E-state index contributed by atoms with van der Waals surface area (Å²) in [5.74, 6) is -0.459. The van der Waals surface area contributed by atoms with Gasteiger partial charge in [0.1, 0.15) is 5.69 Å². The van der Waals surface area contributed by atoms with Gasteiger partial charge in [-0.25, -0.2) is 9.37 Å². The van der Waals surface area contributed by atoms with Crippen LogP contribution in [0.15, 0.2) is 6.07 Å². The Morgan fingerprint density at radius 1 is 1.28 bits per heavy atom. The van der Waals surface area contributed by atoms with Gasteiger partial charge in [-0.2, -0.15) is 0 Å². The summed E-state index contributed by atoms with van der Waals surface area (Å²) in [5, 5.41) is -0.338. The highest BCUT2D eigenvalue weighted by Crippen LogP contribution is 2.42. The van der Waals surface area contributed by atoms with E-state index in [4.69, 9.17) is 27.6 Å². The number of carbonyl (C=O) groups excluding carboxylic acids is 1. The Morgan fingerprint density at radius 3 is 2.32 bits per heavy atom. The van der Waals surface area contributed by atoms with Crippen molar-refractivity contribution < 1.29 is 13.6 Å². The van der Waals surface area contributed by atoms with E-state index in [0.29, 0.717) is 12.3 Å². The molecule has 0 amide bonds. The molecule has 1 aromatic rings. The van der Waals surface area contributed by atoms with Crippen molar-refractivity contribution >= 4 is 37.3 Å². The summed E-state index contributed by atoms with van der Waals surface area (Å²) in [5.41, 5.74) is -0.522. The van der Waals surface area contributed by atoms with E-state index in [2.05, 4.69) is 38.8 Å². The lowest BCUT2D eigenvalue weighted by molar-refractivity contribution is 0.0857. The van der Waals surface area contributed by atoms with Crippen molar-refractivity contribution in [1.29, 1.82) is 0 Å². The number of rotatable bonds is 7. The Hall–Kier alpha value is -0.493. The molecule has 0 aliphatic carbocycles. The Kier molecular flexibility index (Phi) is 7.24. The zero-order valence-corrected chi connectivity index (χ0v) is 18.6. The number of alkyl halides is 1. The molecule has 0 N–H and O–H groups in total. The van der Waals surface area contributed by atoms with Crippen molar-refractivity contribution in [2.45, 2.75) is 71.2 Å². The number of hydrogen-bond donors (Lipinski definition) is 0. The van der Waals surface area contributed by atoms with Crippen molar-refractivity contribution in [1.82, 2.24) is 4.98 Å². The van der Waals surface area contributed by atoms with Gasteiger partial charge in [-0.3, -0.25) is 4.79 Å². The summed E-state index contributed by atoms with van der Waals surface area (Å²) in [6.07, 6.45) is 0.789. The second-order valence-corrected chi connectivity index (χ2v) is 13.7. The molecule has 0 bridgehead atoms. The first-order valence-corrected chi connectivity index (χ1v) is 12.2. The summed E-state index contributed by atoms with van der Waals surface area (Å²) in [7, 11) is -2.16. The van der Waals surface area contributed by atoms with Crippen LogP contribution >= 0.6 is 23.2 Å². The monoisotopic (exact) mass is 407 g/mol. The highest BCUT2D eigenvalue weighted by atomic mass is 35.5. The molecule has 0 fully saturated rings. The number of Topliss-reactive ketones (excluding diaryl/α,β-unsaturated/α-hetero) is 1. The lowest BCUT2D eigenvalue weighted by atomic mass is 9.97. The molecule has 142 valence electrons. The average Bonchev–Trinajstić information content (AvgIpc) is 2.44. The SMILES string of the molecule is CC(C)(O[Si](C)(C)C(C)(C)C)c1cc(C(=O)CCCCl)nc(Cl)c1F. The molecule has 0 unspecified atom stereocenters. The van der Waals surface area contributed by atoms with Gasteiger partial charge in [0.15, 0.2) is 25.1 Å². The first-order chi connectivity index (χ1) is 11.2. The van der Waals surface area contributed by atoms with E-state index in [1.165, 1.54) is 6.07 Å². The molecule has 0 saturated heterocycles. The van der Waals surface area contributed by atoms with Crippen LogP contribution in [0.5, 0.6) is 0 Å². The summed E-state index contributed by atoms with van der Waals surface area (Å²) in [6, 6.07) is 1.46. The maximum absolute atomic E-state index is 14.7. The first-order valence-electron chi connectivity index (χ1n) is 8.39. The van der Waals surface area contributed by atoms with Gasteiger partial charge in [0.25, 0.3) is 0 Å². The Labute approximate surface area is 161 Å². The van der Waals surface area contributed by atoms with Gasteiger partial charge in [-0.1, -0.05) is 32.4 Å². The standard InChI is InChI=1S/C18H28Cl2FNO2Si/c1-17(2,3)25(6,7)24-18(4,5)12-11-13(14(23)9-8-10-19)22-16(20)15(12)21/h11H,8-10H2,1-7H3. The number of hydrogen-bond acceptors (Lipinski definition) is 3. The van der Waals surface area contributed by atoms with E-state index < -0.39 is 19.7 Å². The molecule has 0 radical (unpaired) electrons. The first kappa shape index (κ1) is 22.5. The minimum absolute atomic E-state index is 0.0312. The van der Waals surface area contributed by atoms with Crippen LogP contribution in [0, 0.1) is 5.82 Å². The molecule has 7 heteroatoms. The fourth-order valence-electron chi connectivity index (χ4n) is 2.28. The molecular formula is C18H28Cl2FNO2Si. The molecule has 0 atom stereocenters. The molecule has 0 aromatic carbocycles. The molecule has 1 heterocycles. The van der Waals surface area contributed by atoms with Crippen LogP contribution < -0.4 is 0 Å². The van der Waals surface area contributed by atoms with Crippen molar-refractivity contribution in [3.63, 3.8) is 0 Å². The number of halogens is 3. The minimum atomic E-state index is -2.16. The lowest BCUT2D eigenvalue weighted by Crippen LogP contribution is -2.46. The number of carbonyl (C=O) groups is 1. The van der Waals surface area contributed by atoms with Gasteiger partial charge in [0.2, 0.25) is 0 Å². The zero-order chi connectivity index (χ0) is 19.6. The molecule has 0 aliphatic rings. The maximum Gasteiger partial charge on any atom is 0.193 e. The van der Waals surface area contributed by atoms with E-state index in [9.17, 15) is 9.18 Å². The Bertz CT molecular complexity index is 643. The van der Waals surface area contributed by atoms with Crippen molar-refractivity contribution in [2.24, 2.45) is 0 Å². The fourth-order valence-corrected chi connectivity index (χ4v) is 4.30. The Morgan fingerprint density at radius 2 is 1.84 bits per heavy atom. The number of ketones is 1. The summed E-state index contributed by atoms with van der Waals surface area (Å²) in [4.78, 5) is 16.2. The van der Waals surface area contributed by atoms with Gasteiger partial charge >= 0.3 is 0 Å². The predicted octanol–water partition coefficient (Wildman–Crippen LogP) is 6.33. The molecule has 0 spiro atoms. The largest absolute Gasteiger partial charge is 0.408 e. The third-order valence-electron chi connectivity index (χ3n) is 4.71. The van der Waals surface area contributed by atoms with Crippen LogP contribution in [0.25, 0.3) is 0 Å². The second kappa shape index (κ2) is 8.03. The quantitative estimate of drug-likeness (QED) is 0.229. The molecule has 1 aromatic heterocycles. The summed E-state index contributed by atoms with van der Waals surface area (Å²) in [6.45, 7) is 14.2. The van der Waals surface area contributed by atoms with E-state index in [1.54, 1.807) is 13.8 Å². The molecule has 0 aliphatic heterocycles. The Balaban J connectivity index is 3.30. The van der Waals surface area contributed by atoms with Crippen molar-refractivity contribution in [3.8, 4) is 0 Å². The minimum Gasteiger partial charge on any atom is -0.408 e. The predicted molar refractivity (Wildman–Crippen MR) is 105 cm³/mol. The number of pyridine rings is 1. The zero-order valence-electron chi connectivity index (χ0n) is 16.1. The van der Waals surface area contributed by atoms with Crippen molar-refractivity contribution in [3.05, 3.63) is 28.3 Å². The topological polar surface area (TPSA) is 39.2 Å². The van der Waals surface area contributed by atoms with Gasteiger partial charge in [0, 0.05) is 17.9 Å². The normalized spacial score (nSPS) is 13.2. The van der Waals surface area contributed by atoms with Crippen LogP contribution in [0.3, 0.4) is 0 Å². The summed E-state index contributed by atoms with van der Waals surface area (Å²) < 4.78 is 21.1. The molecule has 1 rings (SSSR count). The molecule has 25 heavy (non-hydrogen) atoms. The average molecular weight is 408 g/mol. The van der Waals surface area contributed by atoms with E-state index >= 15 is 0 Å². The fraction of sp³-hybridized carbons (Fsp3) is 0.667. The van der Waals surface area contributed by atoms with Crippen LogP contribution in [0.2, 0.25) is 23.3 Å². The maximum atomic E-state index is 14.7. The van der Waals surface area contributed by atoms with Crippen LogP contribution in [-0.2, 0) is 10.0 Å². The second-order valence-electron chi connectivity index (χ2n) is 8.25. The molecule has 0 saturated carbocycles. The third-order valence-corrected chi connectivity index (χ3v) is 9.86. The van der Waals surface area contributed by atoms with E-state index in [1.807, 2.05) is 0 Å². The van der Waals surface area contributed by atoms with Gasteiger partial charge in [-0.05, 0) is 44.5 Å². The van der Waals surface area contributed by atoms with E-state index in [0.717, 1.165) is 0 Å². The molecule has 3 nitrogen and oxygen atoms in total. The highest BCUT2D eigenvalue weighted by Gasteiger charge is 2.43. The third kappa shape index (κ3) is 5.49. The van der Waals surface area contributed by atoms with Gasteiger partial charge in [-0.15, -0.1) is 11.6 Å². The smallest absolute Gasteiger partial charge is 0.193 e. The highest BCUT2D eigenvalue weighted by molar-refractivity contribution is 6.74. The summed E-state index contributed by atoms with van der Waals surface area (Å²) >= 11 is 11.6. The lowest BCUT2D eigenvalue weighted by Gasteiger charge is -2.43. The van der Waals surface area contributed by atoms with Crippen molar-refractivity contribution in [2.75, 3.05) is 5.88 Å². The van der Waals surface area contributed by atoms with Crippen LogP contribution in [-0.4, -0.2) is 25.0 Å². The number of aromatic nitrogens is 1. The van der Waals surface area contributed by atoms with Gasteiger partial charge in [0.05, 0.1) is 5.60 Å². The van der Waals surface area contributed by atoms with Crippen LogP contribution in [0.1, 0.15) is 63.5 Å². The number of nitrogens with zero attached hydrogens (tertiary/aromatic N) is 1. The van der Waals surface area contributed by atoms with Gasteiger partial charge < -0.3 is 4.43 Å². The van der Waals surface area contributed by atoms with Crippen LogP contribution in [0.4, 0.5) is 4.39 Å².